The zero-order valence-corrected chi connectivity index (χ0v) is 10.8. The van der Waals surface area contributed by atoms with Gasteiger partial charge in [0.1, 0.15) is 5.75 Å². The minimum absolute atomic E-state index is 0.0786. The number of rotatable bonds is 2. The third kappa shape index (κ3) is 2.40. The van der Waals surface area contributed by atoms with Gasteiger partial charge in [-0.2, -0.15) is 0 Å². The third-order valence-corrected chi connectivity index (χ3v) is 3.21. The van der Waals surface area contributed by atoms with E-state index in [0.29, 0.717) is 0 Å². The number of terminal acetylenes is 1. The minimum Gasteiger partial charge on any atom is -0.493 e. The first kappa shape index (κ1) is 11.5. The molecule has 1 aromatic carbocycles. The van der Waals surface area contributed by atoms with Gasteiger partial charge in [-0.15, -0.1) is 6.42 Å². The molecule has 1 aromatic rings. The van der Waals surface area contributed by atoms with Crippen LogP contribution < -0.4 is 10.1 Å². The number of fused-ring (bicyclic) bond motifs is 1. The first-order valence-corrected chi connectivity index (χ1v) is 6.14. The molecule has 0 aliphatic carbocycles. The van der Waals surface area contributed by atoms with Gasteiger partial charge in [0.25, 0.3) is 0 Å². The van der Waals surface area contributed by atoms with Gasteiger partial charge in [-0.3, -0.25) is 5.32 Å². The Labute approximate surface area is 105 Å². The molecule has 1 aliphatic rings. The number of nitrogens with one attached hydrogen (secondary N) is 1. The lowest BCUT2D eigenvalue weighted by Crippen LogP contribution is -2.32. The van der Waals surface area contributed by atoms with Crippen molar-refractivity contribution in [3.63, 3.8) is 0 Å². The van der Waals surface area contributed by atoms with Crippen molar-refractivity contribution in [2.24, 2.45) is 0 Å². The number of benzene rings is 1. The summed E-state index contributed by atoms with van der Waals surface area (Å²) in [6, 6.07) is 6.44. The highest BCUT2D eigenvalue weighted by molar-refractivity contribution is 9.10. The summed E-state index contributed by atoms with van der Waals surface area (Å²) >= 11 is 3.48. The molecule has 2 atom stereocenters. The number of halogens is 1. The predicted molar refractivity (Wildman–Crippen MR) is 68.4 cm³/mol. The van der Waals surface area contributed by atoms with Gasteiger partial charge < -0.3 is 4.74 Å². The van der Waals surface area contributed by atoms with E-state index in [-0.39, 0.29) is 12.1 Å². The molecule has 0 saturated carbocycles. The summed E-state index contributed by atoms with van der Waals surface area (Å²) in [6.45, 7) is 2.73. The second-order valence-corrected chi connectivity index (χ2v) is 4.84. The highest BCUT2D eigenvalue weighted by Gasteiger charge is 2.22. The largest absolute Gasteiger partial charge is 0.493 e. The van der Waals surface area contributed by atoms with E-state index < -0.39 is 0 Å². The first-order valence-electron chi connectivity index (χ1n) is 5.35. The molecule has 2 rings (SSSR count). The van der Waals surface area contributed by atoms with Gasteiger partial charge in [0.2, 0.25) is 0 Å². The summed E-state index contributed by atoms with van der Waals surface area (Å²) in [7, 11) is 0. The van der Waals surface area contributed by atoms with Crippen molar-refractivity contribution in [1.82, 2.24) is 5.32 Å². The molecule has 0 fully saturated rings. The molecule has 3 heteroatoms. The summed E-state index contributed by atoms with van der Waals surface area (Å²) in [5, 5.41) is 3.41. The second-order valence-electron chi connectivity index (χ2n) is 3.93. The smallest absolute Gasteiger partial charge is 0.124 e. The van der Waals surface area contributed by atoms with E-state index in [2.05, 4.69) is 33.2 Å². The Balaban J connectivity index is 2.25. The van der Waals surface area contributed by atoms with Crippen molar-refractivity contribution in [3.05, 3.63) is 28.2 Å². The van der Waals surface area contributed by atoms with Crippen LogP contribution in [0.1, 0.15) is 24.9 Å². The fraction of sp³-hybridized carbons (Fsp3) is 0.385. The normalized spacial score (nSPS) is 20.4. The summed E-state index contributed by atoms with van der Waals surface area (Å²) in [5.74, 6) is 3.65. The lowest BCUT2D eigenvalue weighted by Gasteiger charge is -2.28. The van der Waals surface area contributed by atoms with E-state index in [1.165, 1.54) is 5.56 Å². The van der Waals surface area contributed by atoms with E-state index in [1.54, 1.807) is 0 Å². The molecule has 2 unspecified atom stereocenters. The molecule has 1 aliphatic heterocycles. The highest BCUT2D eigenvalue weighted by atomic mass is 79.9. The Kier molecular flexibility index (Phi) is 3.52. The van der Waals surface area contributed by atoms with Gasteiger partial charge >= 0.3 is 0 Å². The van der Waals surface area contributed by atoms with E-state index in [4.69, 9.17) is 11.2 Å². The minimum atomic E-state index is 0.0786. The van der Waals surface area contributed by atoms with Gasteiger partial charge in [0.05, 0.1) is 12.6 Å². The highest BCUT2D eigenvalue weighted by Crippen LogP contribution is 2.34. The van der Waals surface area contributed by atoms with Crippen LogP contribution in [0.3, 0.4) is 0 Å². The quantitative estimate of drug-likeness (QED) is 0.841. The zero-order valence-electron chi connectivity index (χ0n) is 9.16. The van der Waals surface area contributed by atoms with Crippen molar-refractivity contribution in [3.8, 4) is 18.1 Å². The van der Waals surface area contributed by atoms with Gasteiger partial charge in [0.15, 0.2) is 0 Å². The van der Waals surface area contributed by atoms with E-state index >= 15 is 0 Å². The Morgan fingerprint density at radius 1 is 1.62 bits per heavy atom. The molecule has 1 heterocycles. The van der Waals surface area contributed by atoms with Crippen LogP contribution in [-0.4, -0.2) is 12.6 Å². The SMILES string of the molecule is C#CC(C)NC1CCOc2ccc(Br)cc21. The van der Waals surface area contributed by atoms with Crippen LogP contribution >= 0.6 is 15.9 Å². The molecular weight excluding hydrogens is 266 g/mol. The van der Waals surface area contributed by atoms with Crippen molar-refractivity contribution < 1.29 is 4.74 Å². The summed E-state index contributed by atoms with van der Waals surface area (Å²) in [4.78, 5) is 0. The Bertz CT molecular complexity index is 424. The average molecular weight is 280 g/mol. The molecule has 0 amide bonds. The van der Waals surface area contributed by atoms with Crippen LogP contribution in [0.25, 0.3) is 0 Å². The van der Waals surface area contributed by atoms with E-state index in [1.807, 2.05) is 19.1 Å². The Morgan fingerprint density at radius 2 is 2.44 bits per heavy atom. The molecular formula is C13H14BrNO. The summed E-state index contributed by atoms with van der Waals surface area (Å²) in [5.41, 5.74) is 1.18. The van der Waals surface area contributed by atoms with Crippen LogP contribution in [0.2, 0.25) is 0 Å². The Hall–Kier alpha value is -0.980. The molecule has 0 aromatic heterocycles. The van der Waals surface area contributed by atoms with Crippen LogP contribution in [0.15, 0.2) is 22.7 Å². The number of hydrogen-bond donors (Lipinski definition) is 1. The van der Waals surface area contributed by atoms with Gasteiger partial charge in [0, 0.05) is 22.5 Å². The van der Waals surface area contributed by atoms with Crippen molar-refractivity contribution in [1.29, 1.82) is 0 Å². The standard InChI is InChI=1S/C13H14BrNO/c1-3-9(2)15-12-6-7-16-13-5-4-10(14)8-11(12)13/h1,4-5,8-9,12,15H,6-7H2,2H3. The zero-order chi connectivity index (χ0) is 11.5. The maximum absolute atomic E-state index is 5.61. The number of hydrogen-bond acceptors (Lipinski definition) is 2. The van der Waals surface area contributed by atoms with Crippen LogP contribution in [0.4, 0.5) is 0 Å². The van der Waals surface area contributed by atoms with Crippen LogP contribution in [0, 0.1) is 12.3 Å². The fourth-order valence-corrected chi connectivity index (χ4v) is 2.27. The molecule has 0 radical (unpaired) electrons. The lowest BCUT2D eigenvalue weighted by atomic mass is 10.00. The van der Waals surface area contributed by atoms with Crippen LogP contribution in [-0.2, 0) is 0 Å². The molecule has 0 spiro atoms. The second kappa shape index (κ2) is 4.90. The monoisotopic (exact) mass is 279 g/mol. The molecule has 0 saturated heterocycles. The fourth-order valence-electron chi connectivity index (χ4n) is 1.89. The average Bonchev–Trinajstić information content (AvgIpc) is 2.29. The predicted octanol–water partition coefficient (Wildman–Crippen LogP) is 2.88. The van der Waals surface area contributed by atoms with Gasteiger partial charge in [-0.05, 0) is 25.1 Å². The summed E-state index contributed by atoms with van der Waals surface area (Å²) in [6.07, 6.45) is 6.34. The van der Waals surface area contributed by atoms with Gasteiger partial charge in [-0.1, -0.05) is 21.9 Å². The van der Waals surface area contributed by atoms with Gasteiger partial charge in [-0.25, -0.2) is 0 Å². The Morgan fingerprint density at radius 3 is 3.19 bits per heavy atom. The summed E-state index contributed by atoms with van der Waals surface area (Å²) < 4.78 is 6.68. The van der Waals surface area contributed by atoms with Crippen molar-refractivity contribution in [2.45, 2.75) is 25.4 Å². The first-order chi connectivity index (χ1) is 7.70. The van der Waals surface area contributed by atoms with Crippen molar-refractivity contribution in [2.75, 3.05) is 6.61 Å². The lowest BCUT2D eigenvalue weighted by molar-refractivity contribution is 0.250. The van der Waals surface area contributed by atoms with Crippen molar-refractivity contribution >= 4 is 15.9 Å². The van der Waals surface area contributed by atoms with E-state index in [9.17, 15) is 0 Å². The maximum atomic E-state index is 5.61. The van der Waals surface area contributed by atoms with E-state index in [0.717, 1.165) is 23.2 Å². The molecule has 84 valence electrons. The third-order valence-electron chi connectivity index (χ3n) is 2.71. The molecule has 1 N–H and O–H groups in total. The molecule has 0 bridgehead atoms. The topological polar surface area (TPSA) is 21.3 Å². The molecule has 2 nitrogen and oxygen atoms in total. The maximum Gasteiger partial charge on any atom is 0.124 e. The number of ether oxygens (including phenoxy) is 1. The molecule has 16 heavy (non-hydrogen) atoms. The van der Waals surface area contributed by atoms with Crippen LogP contribution in [0.5, 0.6) is 5.75 Å².